The van der Waals surface area contributed by atoms with Crippen LogP contribution in [-0.4, -0.2) is 43.9 Å². The van der Waals surface area contributed by atoms with Crippen LogP contribution in [-0.2, 0) is 6.54 Å². The van der Waals surface area contributed by atoms with E-state index >= 15 is 0 Å². The molecule has 0 atom stereocenters. The van der Waals surface area contributed by atoms with Crippen molar-refractivity contribution < 1.29 is 0 Å². The van der Waals surface area contributed by atoms with Crippen molar-refractivity contribution in [3.63, 3.8) is 0 Å². The van der Waals surface area contributed by atoms with Gasteiger partial charge in [0.2, 0.25) is 0 Å². The summed E-state index contributed by atoms with van der Waals surface area (Å²) in [5.74, 6) is 0. The fourth-order valence-electron chi connectivity index (χ4n) is 2.59. The molecule has 2 aromatic rings. The summed E-state index contributed by atoms with van der Waals surface area (Å²) in [6.45, 7) is 6.95. The van der Waals surface area contributed by atoms with Crippen LogP contribution in [0.4, 0.5) is 5.69 Å². The van der Waals surface area contributed by atoms with Gasteiger partial charge in [0.25, 0.3) is 0 Å². The average Bonchev–Trinajstić information content (AvgIpc) is 2.58. The molecular weight excluding hydrogens is 283 g/mol. The molecule has 2 aromatic carbocycles. The van der Waals surface area contributed by atoms with Crippen molar-refractivity contribution in [2.24, 2.45) is 10.3 Å². The maximum atomic E-state index is 5.66. The molecule has 0 spiro atoms. The second-order valence-corrected chi connectivity index (χ2v) is 6.00. The van der Waals surface area contributed by atoms with Gasteiger partial charge in [-0.2, -0.15) is 0 Å². The molecule has 0 N–H and O–H groups in total. The third kappa shape index (κ3) is 4.67. The number of nitrogens with zero attached hydrogens (tertiary/aromatic N) is 4. The summed E-state index contributed by atoms with van der Waals surface area (Å²) >= 11 is 0. The topological polar surface area (TPSA) is 31.2 Å². The third-order valence-electron chi connectivity index (χ3n) is 4.06. The maximum absolute atomic E-state index is 5.66. The number of benzene rings is 2. The SMILES string of the molecule is [B]c1ccc(N=NN2CCN(Cc3ccc(C)cc3)CC2)cc1. The maximum Gasteiger partial charge on any atom is 0.113 e. The number of hydrogen-bond acceptors (Lipinski definition) is 3. The van der Waals surface area contributed by atoms with Crippen LogP contribution in [0.2, 0.25) is 0 Å². The molecule has 5 heteroatoms. The zero-order valence-corrected chi connectivity index (χ0v) is 13.5. The van der Waals surface area contributed by atoms with Crippen LogP contribution in [0, 0.1) is 6.92 Å². The van der Waals surface area contributed by atoms with E-state index in [1.165, 1.54) is 11.1 Å². The predicted octanol–water partition coefficient (Wildman–Crippen LogP) is 2.61. The molecule has 0 bridgehead atoms. The second-order valence-electron chi connectivity index (χ2n) is 6.00. The third-order valence-corrected chi connectivity index (χ3v) is 4.06. The van der Waals surface area contributed by atoms with Gasteiger partial charge in [-0.25, -0.2) is 0 Å². The van der Waals surface area contributed by atoms with Crippen LogP contribution < -0.4 is 5.46 Å². The van der Waals surface area contributed by atoms with Crippen LogP contribution >= 0.6 is 0 Å². The average molecular weight is 304 g/mol. The van der Waals surface area contributed by atoms with Gasteiger partial charge in [0.05, 0.1) is 18.8 Å². The lowest BCUT2D eigenvalue weighted by atomic mass is 9.96. The highest BCUT2D eigenvalue weighted by molar-refractivity contribution is 6.32. The monoisotopic (exact) mass is 304 g/mol. The Bertz CT molecular complexity index is 644. The van der Waals surface area contributed by atoms with Gasteiger partial charge in [-0.1, -0.05) is 52.6 Å². The van der Waals surface area contributed by atoms with Crippen molar-refractivity contribution in [1.29, 1.82) is 0 Å². The molecule has 0 aromatic heterocycles. The van der Waals surface area contributed by atoms with Gasteiger partial charge >= 0.3 is 0 Å². The molecule has 3 rings (SSSR count). The van der Waals surface area contributed by atoms with E-state index in [4.69, 9.17) is 7.85 Å². The summed E-state index contributed by atoms with van der Waals surface area (Å²) < 4.78 is 0. The lowest BCUT2D eigenvalue weighted by molar-refractivity contribution is 0.124. The van der Waals surface area contributed by atoms with Crippen LogP contribution in [0.3, 0.4) is 0 Å². The highest BCUT2D eigenvalue weighted by Gasteiger charge is 2.15. The molecule has 116 valence electrons. The predicted molar refractivity (Wildman–Crippen MR) is 94.4 cm³/mol. The number of aryl methyl sites for hydroxylation is 1. The van der Waals surface area contributed by atoms with Gasteiger partial charge in [0.15, 0.2) is 0 Å². The van der Waals surface area contributed by atoms with Gasteiger partial charge in [-0.15, -0.1) is 5.11 Å². The van der Waals surface area contributed by atoms with Crippen LogP contribution in [0.5, 0.6) is 0 Å². The first-order chi connectivity index (χ1) is 11.2. The molecule has 0 unspecified atom stereocenters. The Morgan fingerprint density at radius 3 is 2.22 bits per heavy atom. The molecule has 23 heavy (non-hydrogen) atoms. The van der Waals surface area contributed by atoms with E-state index in [0.29, 0.717) is 0 Å². The molecule has 2 radical (unpaired) electrons. The van der Waals surface area contributed by atoms with Crippen molar-refractivity contribution in [2.75, 3.05) is 26.2 Å². The standard InChI is InChI=1S/C18H21BN4/c1-15-2-4-16(5-3-15)14-22-10-12-23(13-11-22)21-20-18-8-6-17(19)7-9-18/h2-9H,10-14H2,1H3. The van der Waals surface area contributed by atoms with E-state index in [1.807, 2.05) is 29.3 Å². The molecule has 1 aliphatic heterocycles. The van der Waals surface area contributed by atoms with Crippen molar-refractivity contribution in [3.8, 4) is 0 Å². The first kappa shape index (κ1) is 15.7. The van der Waals surface area contributed by atoms with E-state index in [1.54, 1.807) is 0 Å². The van der Waals surface area contributed by atoms with Gasteiger partial charge in [-0.3, -0.25) is 9.91 Å². The molecule has 1 fully saturated rings. The van der Waals surface area contributed by atoms with Gasteiger partial charge in [0, 0.05) is 19.6 Å². The minimum Gasteiger partial charge on any atom is -0.295 e. The zero-order chi connectivity index (χ0) is 16.1. The van der Waals surface area contributed by atoms with E-state index in [-0.39, 0.29) is 0 Å². The smallest absolute Gasteiger partial charge is 0.113 e. The summed E-state index contributed by atoms with van der Waals surface area (Å²) in [4.78, 5) is 2.46. The minimum atomic E-state index is 0.744. The fourth-order valence-corrected chi connectivity index (χ4v) is 2.59. The van der Waals surface area contributed by atoms with Crippen molar-refractivity contribution in [1.82, 2.24) is 9.91 Å². The van der Waals surface area contributed by atoms with Gasteiger partial charge in [-0.05, 0) is 24.6 Å². The Morgan fingerprint density at radius 2 is 1.57 bits per heavy atom. The van der Waals surface area contributed by atoms with Crippen LogP contribution in [0.1, 0.15) is 11.1 Å². The number of hydrogen-bond donors (Lipinski definition) is 0. The molecule has 0 aliphatic carbocycles. The Kier molecular flexibility index (Phi) is 5.08. The summed E-state index contributed by atoms with van der Waals surface area (Å²) in [6.07, 6.45) is 0. The molecule has 1 heterocycles. The van der Waals surface area contributed by atoms with E-state index in [9.17, 15) is 0 Å². The highest BCUT2D eigenvalue weighted by Crippen LogP contribution is 2.13. The first-order valence-electron chi connectivity index (χ1n) is 7.99. The lowest BCUT2D eigenvalue weighted by Crippen LogP contribution is -2.43. The Morgan fingerprint density at radius 1 is 0.913 bits per heavy atom. The number of piperazine rings is 1. The summed E-state index contributed by atoms with van der Waals surface area (Å²) in [7, 11) is 5.66. The molecule has 0 saturated carbocycles. The van der Waals surface area contributed by atoms with Crippen molar-refractivity contribution >= 4 is 19.0 Å². The first-order valence-corrected chi connectivity index (χ1v) is 7.99. The lowest BCUT2D eigenvalue weighted by Gasteiger charge is -2.32. The summed E-state index contributed by atoms with van der Waals surface area (Å²) in [5.41, 5.74) is 4.25. The van der Waals surface area contributed by atoms with E-state index < -0.39 is 0 Å². The van der Waals surface area contributed by atoms with Crippen molar-refractivity contribution in [3.05, 3.63) is 59.7 Å². The minimum absolute atomic E-state index is 0.744. The van der Waals surface area contributed by atoms with E-state index in [2.05, 4.69) is 46.4 Å². The van der Waals surface area contributed by atoms with Crippen LogP contribution in [0.15, 0.2) is 58.9 Å². The summed E-state index contributed by atoms with van der Waals surface area (Å²) in [5, 5.41) is 10.6. The summed E-state index contributed by atoms with van der Waals surface area (Å²) in [6, 6.07) is 16.2. The normalized spacial score (nSPS) is 16.1. The Hall–Kier alpha value is -2.14. The van der Waals surface area contributed by atoms with Gasteiger partial charge in [0.1, 0.15) is 7.85 Å². The van der Waals surface area contributed by atoms with Crippen LogP contribution in [0.25, 0.3) is 0 Å². The highest BCUT2D eigenvalue weighted by atomic mass is 15.6. The van der Waals surface area contributed by atoms with Crippen molar-refractivity contribution in [2.45, 2.75) is 13.5 Å². The quantitative estimate of drug-likeness (QED) is 0.642. The second kappa shape index (κ2) is 7.42. The fraction of sp³-hybridized carbons (Fsp3) is 0.333. The Labute approximate surface area is 139 Å². The molecular formula is C18H21BN4. The molecule has 1 aliphatic rings. The molecule has 4 nitrogen and oxygen atoms in total. The Balaban J connectivity index is 1.48. The van der Waals surface area contributed by atoms with E-state index in [0.717, 1.165) is 43.9 Å². The molecule has 0 amide bonds. The van der Waals surface area contributed by atoms with Gasteiger partial charge < -0.3 is 0 Å². The zero-order valence-electron chi connectivity index (χ0n) is 13.5. The number of rotatable bonds is 4. The molecule has 1 saturated heterocycles. The largest absolute Gasteiger partial charge is 0.295 e.